The zero-order valence-corrected chi connectivity index (χ0v) is 20.2. The second kappa shape index (κ2) is 8.96. The first-order valence-electron chi connectivity index (χ1n) is 11.6. The summed E-state index contributed by atoms with van der Waals surface area (Å²) in [7, 11) is 2.97. The topological polar surface area (TPSA) is 116 Å². The molecular formula is C26H29NO8. The highest BCUT2D eigenvalue weighted by atomic mass is 16.7. The maximum Gasteiger partial charge on any atom is 0.328 e. The van der Waals surface area contributed by atoms with E-state index in [9.17, 15) is 9.59 Å². The van der Waals surface area contributed by atoms with Gasteiger partial charge in [0.05, 0.1) is 26.7 Å². The summed E-state index contributed by atoms with van der Waals surface area (Å²) in [6.07, 6.45) is 0.704. The molecule has 2 aliphatic heterocycles. The smallest absolute Gasteiger partial charge is 0.328 e. The number of fused-ring (bicyclic) bond motifs is 3. The van der Waals surface area contributed by atoms with Crippen LogP contribution in [0.1, 0.15) is 36.5 Å². The largest absolute Gasteiger partial charge is 0.493 e. The summed E-state index contributed by atoms with van der Waals surface area (Å²) >= 11 is 0. The van der Waals surface area contributed by atoms with Gasteiger partial charge in [-0.15, -0.1) is 0 Å². The molecule has 2 N–H and O–H groups in total. The lowest BCUT2D eigenvalue weighted by Crippen LogP contribution is -2.38. The molecule has 2 aromatic carbocycles. The van der Waals surface area contributed by atoms with Gasteiger partial charge in [-0.2, -0.15) is 0 Å². The van der Waals surface area contributed by atoms with E-state index < -0.39 is 12.0 Å². The number of methoxy groups -OCH3 is 2. The molecule has 0 radical (unpaired) electrons. The highest BCUT2D eigenvalue weighted by Gasteiger charge is 2.48. The van der Waals surface area contributed by atoms with Crippen molar-refractivity contribution in [2.24, 2.45) is 23.5 Å². The standard InChI is InChI=1S/C26H29NO8/c1-12(2)23(27)26(29)35-24-19(30-3)7-14(8-20(24)31-4)21-16-9-18-17(33-11-34-18)6-13(16)5-15-10-32-25(28)22(15)21/h6-9,12,15,21-23H,5,10-11,27H2,1-4H3/t15-,21+,22-,23?/m0/s1. The third-order valence-electron chi connectivity index (χ3n) is 7.07. The minimum absolute atomic E-state index is 0.0268. The van der Waals surface area contributed by atoms with Crippen LogP contribution in [0.4, 0.5) is 0 Å². The fraction of sp³-hybridized carbons (Fsp3) is 0.462. The first kappa shape index (κ1) is 23.3. The quantitative estimate of drug-likeness (QED) is 0.489. The normalized spacial score (nSPS) is 22.8. The molecule has 2 aromatic rings. The van der Waals surface area contributed by atoms with E-state index >= 15 is 0 Å². The van der Waals surface area contributed by atoms with Gasteiger partial charge >= 0.3 is 11.9 Å². The van der Waals surface area contributed by atoms with Gasteiger partial charge in [-0.25, -0.2) is 4.79 Å². The predicted octanol–water partition coefficient (Wildman–Crippen LogP) is 2.80. The molecule has 186 valence electrons. The van der Waals surface area contributed by atoms with Gasteiger partial charge in [-0.1, -0.05) is 13.8 Å². The number of rotatable bonds is 6. The lowest BCUT2D eigenvalue weighted by Gasteiger charge is -2.34. The highest BCUT2D eigenvalue weighted by molar-refractivity contribution is 5.81. The second-order valence-corrected chi connectivity index (χ2v) is 9.45. The average Bonchev–Trinajstić information content (AvgIpc) is 3.46. The molecule has 0 spiro atoms. The van der Waals surface area contributed by atoms with Crippen molar-refractivity contribution >= 4 is 11.9 Å². The van der Waals surface area contributed by atoms with Gasteiger partial charge in [0.25, 0.3) is 0 Å². The number of esters is 2. The number of carbonyl (C=O) groups is 2. The third kappa shape index (κ3) is 3.93. The van der Waals surface area contributed by atoms with E-state index in [1.807, 2.05) is 26.0 Å². The fourth-order valence-electron chi connectivity index (χ4n) is 5.13. The molecule has 9 nitrogen and oxygen atoms in total. The van der Waals surface area contributed by atoms with Crippen LogP contribution in [0.3, 0.4) is 0 Å². The number of nitrogens with two attached hydrogens (primary N) is 1. The first-order chi connectivity index (χ1) is 16.8. The Morgan fingerprint density at radius 1 is 1.03 bits per heavy atom. The zero-order chi connectivity index (χ0) is 24.9. The summed E-state index contributed by atoms with van der Waals surface area (Å²) in [4.78, 5) is 25.5. The van der Waals surface area contributed by atoms with Gasteiger partial charge in [-0.05, 0) is 53.3 Å². The van der Waals surface area contributed by atoms with Gasteiger partial charge in [0, 0.05) is 11.8 Å². The zero-order valence-electron chi connectivity index (χ0n) is 20.2. The molecule has 9 heteroatoms. The van der Waals surface area contributed by atoms with Crippen molar-refractivity contribution in [3.8, 4) is 28.7 Å². The maximum atomic E-state index is 12.9. The van der Waals surface area contributed by atoms with Crippen LogP contribution in [0.15, 0.2) is 24.3 Å². The van der Waals surface area contributed by atoms with Gasteiger partial charge in [-0.3, -0.25) is 4.79 Å². The van der Waals surface area contributed by atoms with Crippen LogP contribution in [0, 0.1) is 17.8 Å². The minimum atomic E-state index is -0.798. The SMILES string of the molecule is COc1cc([C@@H]2c3cc4c(cc3C[C@H]3COC(=O)[C@@H]32)OCO4)cc(OC)c1OC(=O)C(N)C(C)C. The number of hydrogen-bond acceptors (Lipinski definition) is 9. The number of carbonyl (C=O) groups excluding carboxylic acids is 2. The Hall–Kier alpha value is -3.46. The van der Waals surface area contributed by atoms with Crippen molar-refractivity contribution in [2.75, 3.05) is 27.6 Å². The predicted molar refractivity (Wildman–Crippen MR) is 124 cm³/mol. The van der Waals surface area contributed by atoms with Crippen molar-refractivity contribution in [3.63, 3.8) is 0 Å². The highest BCUT2D eigenvalue weighted by Crippen LogP contribution is 2.52. The number of ether oxygens (including phenoxy) is 6. The maximum absolute atomic E-state index is 12.9. The average molecular weight is 484 g/mol. The Labute approximate surface area is 203 Å². The number of hydrogen-bond donors (Lipinski definition) is 1. The van der Waals surface area contributed by atoms with Crippen LogP contribution in [0.25, 0.3) is 0 Å². The fourth-order valence-corrected chi connectivity index (χ4v) is 5.13. The molecule has 5 rings (SSSR count). The van der Waals surface area contributed by atoms with E-state index in [-0.39, 0.29) is 42.2 Å². The Kier molecular flexibility index (Phi) is 5.96. The molecule has 0 aromatic heterocycles. The lowest BCUT2D eigenvalue weighted by molar-refractivity contribution is -0.141. The van der Waals surface area contributed by atoms with Crippen LogP contribution >= 0.6 is 0 Å². The summed E-state index contributed by atoms with van der Waals surface area (Å²) in [5.41, 5.74) is 8.80. The molecule has 1 unspecified atom stereocenters. The van der Waals surface area contributed by atoms with E-state index in [2.05, 4.69) is 0 Å². The Balaban J connectivity index is 1.62. The summed E-state index contributed by atoms with van der Waals surface area (Å²) in [5, 5.41) is 0. The van der Waals surface area contributed by atoms with E-state index in [1.165, 1.54) is 14.2 Å². The van der Waals surface area contributed by atoms with Gasteiger partial charge < -0.3 is 34.2 Å². The lowest BCUT2D eigenvalue weighted by atomic mass is 9.67. The van der Waals surface area contributed by atoms with Gasteiger partial charge in [0.1, 0.15) is 6.04 Å². The van der Waals surface area contributed by atoms with E-state index in [1.54, 1.807) is 12.1 Å². The van der Waals surface area contributed by atoms with Gasteiger partial charge in [0.15, 0.2) is 23.0 Å². The van der Waals surface area contributed by atoms with E-state index in [4.69, 9.17) is 34.2 Å². The van der Waals surface area contributed by atoms with Crippen LogP contribution in [0.5, 0.6) is 28.7 Å². The van der Waals surface area contributed by atoms with Crippen molar-refractivity contribution in [1.82, 2.24) is 0 Å². The summed E-state index contributed by atoms with van der Waals surface area (Å²) in [6, 6.07) is 6.69. The minimum Gasteiger partial charge on any atom is -0.493 e. The molecule has 1 saturated heterocycles. The molecule has 35 heavy (non-hydrogen) atoms. The molecular weight excluding hydrogens is 454 g/mol. The third-order valence-corrected chi connectivity index (χ3v) is 7.07. The first-order valence-corrected chi connectivity index (χ1v) is 11.6. The summed E-state index contributed by atoms with van der Waals surface area (Å²) < 4.78 is 33.5. The second-order valence-electron chi connectivity index (χ2n) is 9.45. The monoisotopic (exact) mass is 483 g/mol. The summed E-state index contributed by atoms with van der Waals surface area (Å²) in [6.45, 7) is 4.21. The molecule has 2 heterocycles. The van der Waals surface area contributed by atoms with Crippen LogP contribution < -0.4 is 29.4 Å². The van der Waals surface area contributed by atoms with Crippen molar-refractivity contribution in [1.29, 1.82) is 0 Å². The van der Waals surface area contributed by atoms with Crippen molar-refractivity contribution in [3.05, 3.63) is 41.0 Å². The Morgan fingerprint density at radius 2 is 1.69 bits per heavy atom. The molecule has 0 saturated carbocycles. The van der Waals surface area contributed by atoms with E-state index in [0.29, 0.717) is 36.0 Å². The van der Waals surface area contributed by atoms with Crippen LogP contribution in [-0.4, -0.2) is 45.6 Å². The molecule has 4 atom stereocenters. The van der Waals surface area contributed by atoms with Crippen molar-refractivity contribution in [2.45, 2.75) is 32.2 Å². The Bertz CT molecular complexity index is 1150. The Morgan fingerprint density at radius 3 is 2.31 bits per heavy atom. The molecule has 1 aliphatic carbocycles. The number of cyclic esters (lactones) is 1. The molecule has 3 aliphatic rings. The molecule has 0 amide bonds. The van der Waals surface area contributed by atoms with E-state index in [0.717, 1.165) is 16.7 Å². The van der Waals surface area contributed by atoms with Crippen molar-refractivity contribution < 1.29 is 38.0 Å². The van der Waals surface area contributed by atoms with Crippen LogP contribution in [-0.2, 0) is 20.7 Å². The van der Waals surface area contributed by atoms with Crippen LogP contribution in [0.2, 0.25) is 0 Å². The number of benzene rings is 2. The van der Waals surface area contributed by atoms with Gasteiger partial charge in [0.2, 0.25) is 12.5 Å². The molecule has 1 fully saturated rings. The molecule has 0 bridgehead atoms. The summed E-state index contributed by atoms with van der Waals surface area (Å²) in [5.74, 6) is 0.495.